The van der Waals surface area contributed by atoms with Crippen LogP contribution in [0.5, 0.6) is 0 Å². The van der Waals surface area contributed by atoms with Crippen molar-refractivity contribution in [3.63, 3.8) is 0 Å². The first-order valence-electron chi connectivity index (χ1n) is 10.1. The first-order chi connectivity index (χ1) is 15.1. The minimum absolute atomic E-state index is 0.00639. The monoisotopic (exact) mass is 414 g/mol. The Morgan fingerprint density at radius 1 is 1.10 bits per heavy atom. The number of nitrogens with one attached hydrogen (secondary N) is 1. The fraction of sp³-hybridized carbons (Fsp3) is 0.217. The molecule has 8 heteroatoms. The number of benzene rings is 2. The van der Waals surface area contributed by atoms with Crippen molar-refractivity contribution in [3.05, 3.63) is 77.1 Å². The third-order valence-electron chi connectivity index (χ3n) is 5.23. The van der Waals surface area contributed by atoms with E-state index in [0.29, 0.717) is 23.5 Å². The number of rotatable bonds is 5. The van der Waals surface area contributed by atoms with Crippen molar-refractivity contribution < 1.29 is 9.59 Å². The number of amides is 2. The number of nitrogens with zero attached hydrogens (tertiary/aromatic N) is 4. The van der Waals surface area contributed by atoms with Crippen LogP contribution in [0.4, 0.5) is 5.69 Å². The summed E-state index contributed by atoms with van der Waals surface area (Å²) in [6, 6.07) is 17.5. The van der Waals surface area contributed by atoms with Crippen LogP contribution in [0.3, 0.4) is 0 Å². The third kappa shape index (κ3) is 4.32. The summed E-state index contributed by atoms with van der Waals surface area (Å²) in [5.74, 6) is -0.405. The Kier molecular flexibility index (Phi) is 5.78. The molecular formula is C23H22N6O2. The van der Waals surface area contributed by atoms with Crippen LogP contribution in [0.15, 0.2) is 54.6 Å². The van der Waals surface area contributed by atoms with E-state index in [-0.39, 0.29) is 17.3 Å². The van der Waals surface area contributed by atoms with Gasteiger partial charge in [0.2, 0.25) is 0 Å². The van der Waals surface area contributed by atoms with E-state index < -0.39 is 5.91 Å². The van der Waals surface area contributed by atoms with E-state index in [4.69, 9.17) is 5.73 Å². The highest BCUT2D eigenvalue weighted by atomic mass is 16.2. The summed E-state index contributed by atoms with van der Waals surface area (Å²) in [6.07, 6.45) is 2.07. The van der Waals surface area contributed by atoms with E-state index in [1.54, 1.807) is 30.3 Å². The maximum atomic E-state index is 12.9. The Morgan fingerprint density at radius 3 is 2.52 bits per heavy atom. The zero-order valence-corrected chi connectivity index (χ0v) is 16.9. The first kappa shape index (κ1) is 20.3. The normalized spacial score (nSPS) is 13.1. The van der Waals surface area contributed by atoms with Crippen LogP contribution >= 0.6 is 0 Å². The van der Waals surface area contributed by atoms with Gasteiger partial charge < -0.3 is 16.0 Å². The molecular weight excluding hydrogens is 392 g/mol. The van der Waals surface area contributed by atoms with Gasteiger partial charge in [-0.15, -0.1) is 0 Å². The van der Waals surface area contributed by atoms with E-state index in [1.165, 1.54) is 10.7 Å². The van der Waals surface area contributed by atoms with Gasteiger partial charge in [0.05, 0.1) is 5.69 Å². The molecule has 1 aliphatic rings. The van der Waals surface area contributed by atoms with Crippen molar-refractivity contribution in [1.82, 2.24) is 14.7 Å². The Labute approximate surface area is 179 Å². The van der Waals surface area contributed by atoms with Gasteiger partial charge in [-0.3, -0.25) is 9.59 Å². The molecule has 1 saturated heterocycles. The van der Waals surface area contributed by atoms with Crippen molar-refractivity contribution in [3.8, 4) is 11.8 Å². The molecule has 3 aromatic rings. The summed E-state index contributed by atoms with van der Waals surface area (Å²) in [6.45, 7) is 1.92. The number of carbonyl (C=O) groups is 2. The number of hydrogen-bond acceptors (Lipinski definition) is 5. The van der Waals surface area contributed by atoms with E-state index in [1.807, 2.05) is 29.2 Å². The lowest BCUT2D eigenvalue weighted by Crippen LogP contribution is -2.27. The van der Waals surface area contributed by atoms with Gasteiger partial charge in [0.25, 0.3) is 11.8 Å². The zero-order valence-electron chi connectivity index (χ0n) is 16.9. The van der Waals surface area contributed by atoms with Gasteiger partial charge in [0.1, 0.15) is 11.8 Å². The van der Waals surface area contributed by atoms with Crippen LogP contribution < -0.4 is 11.1 Å². The SMILES string of the molecule is N#Cc1cc(C(=O)Nc2ccc(C(=O)N3CCCC3)cc2)n(-c2cccc(CN)c2)n1. The van der Waals surface area contributed by atoms with Gasteiger partial charge in [-0.05, 0) is 54.8 Å². The molecule has 4 rings (SSSR count). The predicted octanol–water partition coefficient (Wildman–Crippen LogP) is 2.69. The Morgan fingerprint density at radius 2 is 1.84 bits per heavy atom. The fourth-order valence-electron chi connectivity index (χ4n) is 3.60. The lowest BCUT2D eigenvalue weighted by atomic mass is 10.1. The molecule has 2 heterocycles. The van der Waals surface area contributed by atoms with Gasteiger partial charge >= 0.3 is 0 Å². The van der Waals surface area contributed by atoms with Gasteiger partial charge in [-0.1, -0.05) is 12.1 Å². The molecule has 156 valence electrons. The first-order valence-corrected chi connectivity index (χ1v) is 10.1. The second kappa shape index (κ2) is 8.81. The number of likely N-dealkylation sites (tertiary alicyclic amines) is 1. The van der Waals surface area contributed by atoms with Crippen molar-refractivity contribution in [2.75, 3.05) is 18.4 Å². The van der Waals surface area contributed by atoms with Crippen LogP contribution in [-0.2, 0) is 6.54 Å². The number of nitrogens with two attached hydrogens (primary N) is 1. The second-order valence-electron chi connectivity index (χ2n) is 7.34. The highest BCUT2D eigenvalue weighted by molar-refractivity contribution is 6.04. The molecule has 1 aromatic heterocycles. The minimum Gasteiger partial charge on any atom is -0.339 e. The second-order valence-corrected chi connectivity index (χ2v) is 7.34. The summed E-state index contributed by atoms with van der Waals surface area (Å²) in [5.41, 5.74) is 8.74. The standard InChI is InChI=1S/C23H22N6O2/c24-14-16-4-3-5-20(12-16)29-21(13-19(15-25)27-29)22(30)26-18-8-6-17(7-9-18)23(31)28-10-1-2-11-28/h3-9,12-13H,1-2,10-11,14,24H2,(H,26,30). The van der Waals surface area contributed by atoms with Crippen molar-refractivity contribution in [1.29, 1.82) is 5.26 Å². The Bertz CT molecular complexity index is 1150. The summed E-state index contributed by atoms with van der Waals surface area (Å²) in [5, 5.41) is 16.3. The molecule has 31 heavy (non-hydrogen) atoms. The average Bonchev–Trinajstić information content (AvgIpc) is 3.49. The summed E-state index contributed by atoms with van der Waals surface area (Å²) in [4.78, 5) is 27.3. The molecule has 0 unspecified atom stereocenters. The molecule has 2 aromatic carbocycles. The molecule has 0 saturated carbocycles. The molecule has 0 bridgehead atoms. The highest BCUT2D eigenvalue weighted by Gasteiger charge is 2.20. The Balaban J connectivity index is 1.55. The van der Waals surface area contributed by atoms with E-state index in [9.17, 15) is 14.9 Å². The van der Waals surface area contributed by atoms with Crippen molar-refractivity contribution in [2.45, 2.75) is 19.4 Å². The van der Waals surface area contributed by atoms with E-state index >= 15 is 0 Å². The van der Waals surface area contributed by atoms with Crippen LogP contribution in [0.1, 0.15) is 44.9 Å². The molecule has 0 spiro atoms. The third-order valence-corrected chi connectivity index (χ3v) is 5.23. The highest BCUT2D eigenvalue weighted by Crippen LogP contribution is 2.18. The number of aromatic nitrogens is 2. The smallest absolute Gasteiger partial charge is 0.274 e. The summed E-state index contributed by atoms with van der Waals surface area (Å²) < 4.78 is 1.43. The summed E-state index contributed by atoms with van der Waals surface area (Å²) in [7, 11) is 0. The van der Waals surface area contributed by atoms with Crippen LogP contribution in [-0.4, -0.2) is 39.6 Å². The van der Waals surface area contributed by atoms with Gasteiger partial charge in [-0.2, -0.15) is 10.4 Å². The molecule has 3 N–H and O–H groups in total. The average molecular weight is 414 g/mol. The molecule has 0 radical (unpaired) electrons. The largest absolute Gasteiger partial charge is 0.339 e. The molecule has 2 amide bonds. The molecule has 0 atom stereocenters. The van der Waals surface area contributed by atoms with Crippen molar-refractivity contribution in [2.24, 2.45) is 5.73 Å². The maximum absolute atomic E-state index is 12.9. The number of hydrogen-bond donors (Lipinski definition) is 2. The molecule has 1 fully saturated rings. The topological polar surface area (TPSA) is 117 Å². The van der Waals surface area contributed by atoms with Crippen LogP contribution in [0.2, 0.25) is 0 Å². The van der Waals surface area contributed by atoms with E-state index in [2.05, 4.69) is 10.4 Å². The van der Waals surface area contributed by atoms with E-state index in [0.717, 1.165) is 31.5 Å². The lowest BCUT2D eigenvalue weighted by Gasteiger charge is -2.15. The molecule has 0 aliphatic carbocycles. The predicted molar refractivity (Wildman–Crippen MR) is 116 cm³/mol. The lowest BCUT2D eigenvalue weighted by molar-refractivity contribution is 0.0792. The Hall–Kier alpha value is -3.96. The number of nitriles is 1. The molecule has 8 nitrogen and oxygen atoms in total. The minimum atomic E-state index is -0.411. The van der Waals surface area contributed by atoms with Gasteiger partial charge in [-0.25, -0.2) is 4.68 Å². The van der Waals surface area contributed by atoms with Gasteiger partial charge in [0.15, 0.2) is 5.69 Å². The maximum Gasteiger partial charge on any atom is 0.274 e. The zero-order chi connectivity index (χ0) is 21.8. The molecule has 1 aliphatic heterocycles. The van der Waals surface area contributed by atoms with Gasteiger partial charge in [0, 0.05) is 37.0 Å². The number of carbonyl (C=O) groups excluding carboxylic acids is 2. The van der Waals surface area contributed by atoms with Crippen LogP contribution in [0.25, 0.3) is 5.69 Å². The quantitative estimate of drug-likeness (QED) is 0.666. The van der Waals surface area contributed by atoms with Crippen LogP contribution in [0, 0.1) is 11.3 Å². The van der Waals surface area contributed by atoms with Crippen molar-refractivity contribution >= 4 is 17.5 Å². The fourth-order valence-corrected chi connectivity index (χ4v) is 3.60. The summed E-state index contributed by atoms with van der Waals surface area (Å²) >= 11 is 0. The number of anilines is 1.